The molecule has 1 N–H and O–H groups in total. The summed E-state index contributed by atoms with van der Waals surface area (Å²) >= 11 is 0. The Morgan fingerprint density at radius 3 is 2.57 bits per heavy atom. The Balaban J connectivity index is 1.90. The van der Waals surface area contributed by atoms with Crippen molar-refractivity contribution < 1.29 is 14.3 Å². The molecule has 0 bridgehead atoms. The lowest BCUT2D eigenvalue weighted by atomic mass is 9.73. The van der Waals surface area contributed by atoms with Crippen LogP contribution in [0.4, 0.5) is 5.69 Å². The van der Waals surface area contributed by atoms with Gasteiger partial charge in [0.25, 0.3) is 0 Å². The monoisotopic (exact) mass is 312 g/mol. The lowest BCUT2D eigenvalue weighted by molar-refractivity contribution is -0.125. The van der Waals surface area contributed by atoms with E-state index in [0.29, 0.717) is 31.7 Å². The number of benzene rings is 1. The number of ether oxygens (including phenoxy) is 2. The van der Waals surface area contributed by atoms with Crippen molar-refractivity contribution in [2.45, 2.75) is 18.3 Å². The Labute approximate surface area is 135 Å². The van der Waals surface area contributed by atoms with Gasteiger partial charge in [0.2, 0.25) is 5.91 Å². The molecule has 2 heterocycles. The molecule has 0 radical (unpaired) electrons. The number of hydrogen-bond acceptors (Lipinski definition) is 4. The average Bonchev–Trinajstić information content (AvgIpc) is 2.63. The lowest BCUT2D eigenvalue weighted by Gasteiger charge is -2.36. The van der Waals surface area contributed by atoms with Crippen molar-refractivity contribution in [1.29, 1.82) is 0 Å². The fourth-order valence-electron chi connectivity index (χ4n) is 2.96. The first-order chi connectivity index (χ1) is 11.2. The quantitative estimate of drug-likeness (QED) is 0.943. The third kappa shape index (κ3) is 3.19. The fraction of sp³-hybridized carbons (Fsp3) is 0.333. The highest BCUT2D eigenvalue weighted by Gasteiger charge is 2.41. The Bertz CT molecular complexity index is 650. The van der Waals surface area contributed by atoms with E-state index < -0.39 is 5.41 Å². The maximum Gasteiger partial charge on any atom is 0.235 e. The van der Waals surface area contributed by atoms with Crippen LogP contribution in [0.2, 0.25) is 0 Å². The SMILES string of the molecule is COc1ccc(C2(C(=O)Nc3cccnc3)CCOCC2)cc1. The van der Waals surface area contributed by atoms with Gasteiger partial charge < -0.3 is 14.8 Å². The molecule has 0 saturated carbocycles. The van der Waals surface area contributed by atoms with Gasteiger partial charge in [0.15, 0.2) is 0 Å². The van der Waals surface area contributed by atoms with Gasteiger partial charge >= 0.3 is 0 Å². The molecule has 1 fully saturated rings. The number of methoxy groups -OCH3 is 1. The molecule has 5 nitrogen and oxygen atoms in total. The normalized spacial score (nSPS) is 16.6. The topological polar surface area (TPSA) is 60.5 Å². The van der Waals surface area contributed by atoms with E-state index in [4.69, 9.17) is 9.47 Å². The van der Waals surface area contributed by atoms with E-state index in [1.807, 2.05) is 30.3 Å². The molecule has 0 atom stereocenters. The number of nitrogens with zero attached hydrogens (tertiary/aromatic N) is 1. The first-order valence-electron chi connectivity index (χ1n) is 7.68. The van der Waals surface area contributed by atoms with Crippen molar-refractivity contribution in [3.05, 3.63) is 54.4 Å². The van der Waals surface area contributed by atoms with Gasteiger partial charge in [-0.05, 0) is 42.7 Å². The molecule has 120 valence electrons. The molecule has 0 aliphatic carbocycles. The van der Waals surface area contributed by atoms with Crippen LogP contribution in [-0.4, -0.2) is 31.2 Å². The van der Waals surface area contributed by atoms with E-state index in [1.165, 1.54) is 0 Å². The Morgan fingerprint density at radius 2 is 1.96 bits per heavy atom. The zero-order valence-corrected chi connectivity index (χ0v) is 13.1. The zero-order valence-electron chi connectivity index (χ0n) is 13.1. The smallest absolute Gasteiger partial charge is 0.235 e. The molecule has 23 heavy (non-hydrogen) atoms. The summed E-state index contributed by atoms with van der Waals surface area (Å²) in [5.74, 6) is 0.766. The van der Waals surface area contributed by atoms with Crippen molar-refractivity contribution in [1.82, 2.24) is 4.98 Å². The summed E-state index contributed by atoms with van der Waals surface area (Å²) in [7, 11) is 1.63. The minimum Gasteiger partial charge on any atom is -0.497 e. The van der Waals surface area contributed by atoms with Gasteiger partial charge in [-0.1, -0.05) is 12.1 Å². The molecule has 1 aliphatic heterocycles. The highest BCUT2D eigenvalue weighted by atomic mass is 16.5. The summed E-state index contributed by atoms with van der Waals surface area (Å²) in [5, 5.41) is 2.99. The Kier molecular flexibility index (Phi) is 4.57. The van der Waals surface area contributed by atoms with E-state index >= 15 is 0 Å². The van der Waals surface area contributed by atoms with E-state index in [0.717, 1.165) is 11.3 Å². The molecule has 0 unspecified atom stereocenters. The van der Waals surface area contributed by atoms with Crippen LogP contribution in [-0.2, 0) is 14.9 Å². The van der Waals surface area contributed by atoms with Crippen LogP contribution in [0.25, 0.3) is 0 Å². The average molecular weight is 312 g/mol. The van der Waals surface area contributed by atoms with Gasteiger partial charge in [0.05, 0.1) is 24.4 Å². The number of hydrogen-bond donors (Lipinski definition) is 1. The third-order valence-corrected chi connectivity index (χ3v) is 4.34. The molecule has 1 aromatic carbocycles. The number of nitrogens with one attached hydrogen (secondary N) is 1. The summed E-state index contributed by atoms with van der Waals surface area (Å²) < 4.78 is 10.7. The number of aromatic nitrogens is 1. The minimum absolute atomic E-state index is 0.0148. The molecular formula is C18H20N2O3. The molecular weight excluding hydrogens is 292 g/mol. The first-order valence-corrected chi connectivity index (χ1v) is 7.68. The van der Waals surface area contributed by atoms with Crippen LogP contribution in [0.5, 0.6) is 5.75 Å². The van der Waals surface area contributed by atoms with Gasteiger partial charge in [-0.3, -0.25) is 9.78 Å². The predicted molar refractivity (Wildman–Crippen MR) is 87.6 cm³/mol. The molecule has 2 aromatic rings. The summed E-state index contributed by atoms with van der Waals surface area (Å²) in [6.07, 6.45) is 4.65. The molecule has 1 aliphatic rings. The van der Waals surface area contributed by atoms with Crippen molar-refractivity contribution >= 4 is 11.6 Å². The minimum atomic E-state index is -0.583. The standard InChI is InChI=1S/C18H20N2O3/c1-22-16-6-4-14(5-7-16)18(8-11-23-12-9-18)17(21)20-15-3-2-10-19-13-15/h2-7,10,13H,8-9,11-12H2,1H3,(H,20,21). The van der Waals surface area contributed by atoms with Crippen LogP contribution in [0.3, 0.4) is 0 Å². The molecule has 1 amide bonds. The van der Waals surface area contributed by atoms with E-state index in [2.05, 4.69) is 10.3 Å². The Hall–Kier alpha value is -2.40. The van der Waals surface area contributed by atoms with Crippen molar-refractivity contribution in [2.24, 2.45) is 0 Å². The number of rotatable bonds is 4. The summed E-state index contributed by atoms with van der Waals surface area (Å²) in [4.78, 5) is 17.1. The van der Waals surface area contributed by atoms with E-state index in [9.17, 15) is 4.79 Å². The number of amides is 1. The van der Waals surface area contributed by atoms with E-state index in [-0.39, 0.29) is 5.91 Å². The molecule has 1 saturated heterocycles. The summed E-state index contributed by atoms with van der Waals surface area (Å²) in [5.41, 5.74) is 1.11. The van der Waals surface area contributed by atoms with Crippen molar-refractivity contribution in [3.63, 3.8) is 0 Å². The maximum absolute atomic E-state index is 13.0. The summed E-state index contributed by atoms with van der Waals surface area (Å²) in [6, 6.07) is 11.4. The zero-order chi connectivity index (χ0) is 16.1. The largest absolute Gasteiger partial charge is 0.497 e. The number of pyridine rings is 1. The molecule has 5 heteroatoms. The molecule has 0 spiro atoms. The molecule has 1 aromatic heterocycles. The van der Waals surface area contributed by atoms with Gasteiger partial charge in [-0.15, -0.1) is 0 Å². The lowest BCUT2D eigenvalue weighted by Crippen LogP contribution is -2.44. The van der Waals surface area contributed by atoms with Crippen LogP contribution in [0.1, 0.15) is 18.4 Å². The maximum atomic E-state index is 13.0. The predicted octanol–water partition coefficient (Wildman–Crippen LogP) is 2.78. The first kappa shape index (κ1) is 15.5. The second-order valence-corrected chi connectivity index (χ2v) is 5.62. The van der Waals surface area contributed by atoms with Crippen LogP contribution < -0.4 is 10.1 Å². The second-order valence-electron chi connectivity index (χ2n) is 5.62. The highest BCUT2D eigenvalue weighted by molar-refractivity contribution is 5.99. The van der Waals surface area contributed by atoms with Gasteiger partial charge in [-0.2, -0.15) is 0 Å². The van der Waals surface area contributed by atoms with Crippen molar-refractivity contribution in [3.8, 4) is 5.75 Å². The number of carbonyl (C=O) groups is 1. The fourth-order valence-corrected chi connectivity index (χ4v) is 2.96. The number of carbonyl (C=O) groups excluding carboxylic acids is 1. The van der Waals surface area contributed by atoms with E-state index in [1.54, 1.807) is 25.6 Å². The van der Waals surface area contributed by atoms with Crippen LogP contribution >= 0.6 is 0 Å². The van der Waals surface area contributed by atoms with Crippen LogP contribution in [0.15, 0.2) is 48.8 Å². The number of anilines is 1. The van der Waals surface area contributed by atoms with Gasteiger partial charge in [0.1, 0.15) is 5.75 Å². The highest BCUT2D eigenvalue weighted by Crippen LogP contribution is 2.36. The third-order valence-electron chi connectivity index (χ3n) is 4.34. The van der Waals surface area contributed by atoms with Crippen molar-refractivity contribution in [2.75, 3.05) is 25.6 Å². The Morgan fingerprint density at radius 1 is 1.22 bits per heavy atom. The second kappa shape index (κ2) is 6.79. The van der Waals surface area contributed by atoms with Gasteiger partial charge in [-0.25, -0.2) is 0 Å². The molecule has 3 rings (SSSR count). The summed E-state index contributed by atoms with van der Waals surface area (Å²) in [6.45, 7) is 1.15. The van der Waals surface area contributed by atoms with Gasteiger partial charge in [0, 0.05) is 19.4 Å². The van der Waals surface area contributed by atoms with Crippen LogP contribution in [0, 0.1) is 0 Å².